The van der Waals surface area contributed by atoms with Gasteiger partial charge in [-0.1, -0.05) is 146 Å². The molecule has 18 rings (SSSR count). The molecule has 0 spiro atoms. The quantitative estimate of drug-likeness (QED) is 0.135. The molecule has 0 amide bonds. The third-order valence-corrected chi connectivity index (χ3v) is 18.6. The summed E-state index contributed by atoms with van der Waals surface area (Å²) in [6.07, 6.45) is 0. The Balaban J connectivity index is 0.887. The van der Waals surface area contributed by atoms with Gasteiger partial charge >= 0.3 is 0 Å². The second-order valence-electron chi connectivity index (χ2n) is 23.8. The topological polar surface area (TPSA) is 28.8 Å². The van der Waals surface area contributed by atoms with Crippen molar-refractivity contribution in [3.05, 3.63) is 314 Å². The summed E-state index contributed by atoms with van der Waals surface area (Å²) in [4.78, 5) is 7.23. The van der Waals surface area contributed by atoms with Crippen molar-refractivity contribution in [2.24, 2.45) is 0 Å². The second-order valence-corrected chi connectivity index (χ2v) is 23.8. The van der Waals surface area contributed by atoms with Crippen molar-refractivity contribution < 1.29 is 4.74 Å². The number of para-hydroxylation sites is 7. The molecule has 7 heteroatoms. The van der Waals surface area contributed by atoms with E-state index in [-0.39, 0.29) is 6.71 Å². The van der Waals surface area contributed by atoms with Gasteiger partial charge in [-0.05, 0) is 221 Å². The standard InChI is InChI=1S/C82H56BN5O/c1-53-23-21-24-54(2)82(53)88-73-37-22-38-79-81(73)83(71-51-76-69(49-78(71)88)67-45-55-39-41-65(43-57(55)47-74(67)86(76)63-33-17-7-18-34-63)84(59-25-9-3-10-26-59)60-27-11-4-12-28-60)72-52-77-70(50-80(72)89-79)68-46-56-40-42-66(44-58(56)48-75(68)87(77)64-35-19-8-20-36-64)85(61-29-13-5-14-30-61)62-31-15-6-16-32-62/h3-52H,1-2H3. The van der Waals surface area contributed by atoms with Crippen molar-refractivity contribution in [3.63, 3.8) is 0 Å². The normalized spacial score (nSPS) is 12.4. The molecule has 0 atom stereocenters. The monoisotopic (exact) mass is 1140 g/mol. The number of ether oxygens (including phenoxy) is 1. The van der Waals surface area contributed by atoms with E-state index in [0.717, 1.165) is 118 Å². The number of fused-ring (bicyclic) bond motifs is 12. The summed E-state index contributed by atoms with van der Waals surface area (Å²) < 4.78 is 12.3. The van der Waals surface area contributed by atoms with E-state index in [1.54, 1.807) is 0 Å². The molecule has 0 bridgehead atoms. The predicted octanol–water partition coefficient (Wildman–Crippen LogP) is 20.1. The molecule has 6 nitrogen and oxygen atoms in total. The molecular weight excluding hydrogens is 1080 g/mol. The zero-order valence-electron chi connectivity index (χ0n) is 49.1. The van der Waals surface area contributed by atoms with Crippen molar-refractivity contribution >= 4 is 139 Å². The van der Waals surface area contributed by atoms with Gasteiger partial charge in [0.25, 0.3) is 6.71 Å². The first-order valence-corrected chi connectivity index (χ1v) is 30.7. The van der Waals surface area contributed by atoms with Crippen LogP contribution in [0, 0.1) is 13.8 Å². The fourth-order valence-corrected chi connectivity index (χ4v) is 14.7. The van der Waals surface area contributed by atoms with Gasteiger partial charge < -0.3 is 28.6 Å². The van der Waals surface area contributed by atoms with Crippen LogP contribution in [0.5, 0.6) is 11.5 Å². The number of aromatic nitrogens is 2. The molecule has 2 aromatic heterocycles. The molecule has 0 unspecified atom stereocenters. The Morgan fingerprint density at radius 1 is 0.303 bits per heavy atom. The molecule has 0 radical (unpaired) electrons. The zero-order chi connectivity index (χ0) is 58.8. The first-order valence-electron chi connectivity index (χ1n) is 30.7. The first-order chi connectivity index (χ1) is 44.0. The molecule has 2 aliphatic heterocycles. The molecule has 0 saturated carbocycles. The summed E-state index contributed by atoms with van der Waals surface area (Å²) in [6.45, 7) is 4.31. The minimum atomic E-state index is -0.189. The van der Waals surface area contributed by atoms with Crippen LogP contribution in [0.15, 0.2) is 303 Å². The molecule has 0 saturated heterocycles. The van der Waals surface area contributed by atoms with E-state index in [9.17, 15) is 0 Å². The Labute approximate surface area is 516 Å². The molecule has 16 aromatic rings. The average Bonchev–Trinajstić information content (AvgIpc) is 1.70. The van der Waals surface area contributed by atoms with Crippen molar-refractivity contribution in [2.45, 2.75) is 13.8 Å². The lowest BCUT2D eigenvalue weighted by Gasteiger charge is -2.41. The van der Waals surface area contributed by atoms with E-state index >= 15 is 0 Å². The number of hydrogen-bond donors (Lipinski definition) is 0. The maximum atomic E-state index is 7.37. The zero-order valence-corrected chi connectivity index (χ0v) is 49.1. The van der Waals surface area contributed by atoms with Crippen molar-refractivity contribution in [1.82, 2.24) is 9.13 Å². The molecule has 4 heterocycles. The maximum absolute atomic E-state index is 7.37. The van der Waals surface area contributed by atoms with E-state index in [2.05, 4.69) is 341 Å². The molecule has 0 fully saturated rings. The molecular formula is C82H56BN5O. The minimum absolute atomic E-state index is 0.189. The lowest BCUT2D eigenvalue weighted by molar-refractivity contribution is 0.488. The highest BCUT2D eigenvalue weighted by molar-refractivity contribution is 6.99. The lowest BCUT2D eigenvalue weighted by Crippen LogP contribution is -2.59. The molecule has 14 aromatic carbocycles. The number of anilines is 9. The summed E-state index contributed by atoms with van der Waals surface area (Å²) in [6, 6.07) is 111. The smallest absolute Gasteiger partial charge is 0.256 e. The Morgan fingerprint density at radius 2 is 0.719 bits per heavy atom. The van der Waals surface area contributed by atoms with Gasteiger partial charge in [-0.2, -0.15) is 0 Å². The molecule has 2 aliphatic rings. The van der Waals surface area contributed by atoms with Gasteiger partial charge in [0, 0.05) is 78.4 Å². The third-order valence-electron chi connectivity index (χ3n) is 18.6. The van der Waals surface area contributed by atoms with Crippen LogP contribution >= 0.6 is 0 Å². The summed E-state index contributed by atoms with van der Waals surface area (Å²) in [5.41, 5.74) is 22.8. The van der Waals surface area contributed by atoms with Crippen LogP contribution in [0.25, 0.3) is 76.5 Å². The van der Waals surface area contributed by atoms with E-state index in [1.807, 2.05) is 0 Å². The fraction of sp³-hybridized carbons (Fsp3) is 0.0244. The molecule has 0 aliphatic carbocycles. The van der Waals surface area contributed by atoms with Gasteiger partial charge in [-0.3, -0.25) is 0 Å². The van der Waals surface area contributed by atoms with Crippen LogP contribution in [0.2, 0.25) is 0 Å². The Hall–Kier alpha value is -11.5. The highest BCUT2D eigenvalue weighted by Crippen LogP contribution is 2.48. The van der Waals surface area contributed by atoms with Crippen LogP contribution in [0.1, 0.15) is 11.1 Å². The highest BCUT2D eigenvalue weighted by atomic mass is 16.5. The molecule has 418 valence electrons. The second kappa shape index (κ2) is 20.0. The van der Waals surface area contributed by atoms with Crippen molar-refractivity contribution in [3.8, 4) is 22.9 Å². The number of nitrogens with zero attached hydrogens (tertiary/aromatic N) is 5. The molecule has 89 heavy (non-hydrogen) atoms. The van der Waals surface area contributed by atoms with E-state index in [4.69, 9.17) is 4.74 Å². The summed E-state index contributed by atoms with van der Waals surface area (Å²) in [5, 5.41) is 9.37. The SMILES string of the molecule is Cc1cccc(C)c1N1c2cc3c4cc5ccc(N(c6ccccc6)c6ccccc6)cc5cc4n(-c4ccccc4)c3cc2B2c3cc4c(cc3Oc3cccc1c32)c1cc2ccc(N(c3ccccc3)c3ccccc3)cc2cc1n4-c1ccccc1. The van der Waals surface area contributed by atoms with Gasteiger partial charge in [0.05, 0.1) is 27.8 Å². The van der Waals surface area contributed by atoms with Gasteiger partial charge in [0.2, 0.25) is 0 Å². The van der Waals surface area contributed by atoms with Gasteiger partial charge in [0.15, 0.2) is 0 Å². The van der Waals surface area contributed by atoms with Crippen LogP contribution in [0.3, 0.4) is 0 Å². The Bertz CT molecular complexity index is 5400. The van der Waals surface area contributed by atoms with Crippen molar-refractivity contribution in [1.29, 1.82) is 0 Å². The highest BCUT2D eigenvalue weighted by Gasteiger charge is 2.43. The summed E-state index contributed by atoms with van der Waals surface area (Å²) >= 11 is 0. The number of hydrogen-bond acceptors (Lipinski definition) is 4. The summed E-state index contributed by atoms with van der Waals surface area (Å²) in [7, 11) is 0. The van der Waals surface area contributed by atoms with Gasteiger partial charge in [0.1, 0.15) is 11.5 Å². The lowest BCUT2D eigenvalue weighted by atomic mass is 9.34. The van der Waals surface area contributed by atoms with E-state index < -0.39 is 0 Å². The van der Waals surface area contributed by atoms with Crippen LogP contribution in [-0.2, 0) is 0 Å². The third kappa shape index (κ3) is 7.98. The van der Waals surface area contributed by atoms with Crippen LogP contribution < -0.4 is 35.8 Å². The van der Waals surface area contributed by atoms with Gasteiger partial charge in [-0.15, -0.1) is 0 Å². The fourth-order valence-electron chi connectivity index (χ4n) is 14.7. The average molecular weight is 1140 g/mol. The van der Waals surface area contributed by atoms with E-state index in [1.165, 1.54) is 49.2 Å². The van der Waals surface area contributed by atoms with Crippen LogP contribution in [-0.4, -0.2) is 15.8 Å². The van der Waals surface area contributed by atoms with Crippen LogP contribution in [0.4, 0.5) is 51.2 Å². The largest absolute Gasteiger partial charge is 0.458 e. The molecule has 0 N–H and O–H groups in total. The summed E-state index contributed by atoms with van der Waals surface area (Å²) in [5.74, 6) is 1.74. The maximum Gasteiger partial charge on any atom is 0.256 e. The van der Waals surface area contributed by atoms with E-state index in [0.29, 0.717) is 0 Å². The number of aryl methyl sites for hydroxylation is 2. The Morgan fingerprint density at radius 3 is 1.20 bits per heavy atom. The van der Waals surface area contributed by atoms with Crippen molar-refractivity contribution in [2.75, 3.05) is 14.7 Å². The predicted molar refractivity (Wildman–Crippen MR) is 375 cm³/mol. The number of benzene rings is 14. The Kier molecular flexibility index (Phi) is 11.4. The first kappa shape index (κ1) is 50.8. The number of rotatable bonds is 9. The minimum Gasteiger partial charge on any atom is -0.458 e. The van der Waals surface area contributed by atoms with Gasteiger partial charge in [-0.25, -0.2) is 0 Å².